The van der Waals surface area contributed by atoms with Crippen LogP contribution in [0.5, 0.6) is 11.5 Å². The molecule has 162 valence electrons. The lowest BCUT2D eigenvalue weighted by Crippen LogP contribution is -2.44. The molecule has 2 aromatic rings. The summed E-state index contributed by atoms with van der Waals surface area (Å²) in [5.41, 5.74) is 3.48. The van der Waals surface area contributed by atoms with Gasteiger partial charge in [-0.2, -0.15) is 0 Å². The number of nitrogens with zero attached hydrogens (tertiary/aromatic N) is 1. The zero-order valence-electron chi connectivity index (χ0n) is 18.2. The number of anilines is 1. The lowest BCUT2D eigenvalue weighted by Gasteiger charge is -2.43. The number of rotatable bonds is 3. The number of hydrogen-bond donors (Lipinski definition) is 1. The molecule has 1 amide bonds. The number of amides is 1. The number of methoxy groups -OCH3 is 1. The second kappa shape index (κ2) is 7.72. The predicted molar refractivity (Wildman–Crippen MR) is 121 cm³/mol. The van der Waals surface area contributed by atoms with Crippen molar-refractivity contribution in [3.05, 3.63) is 63.8 Å². The highest BCUT2D eigenvalue weighted by Gasteiger charge is 2.44. The third-order valence-electron chi connectivity index (χ3n) is 6.23. The molecule has 1 N–H and O–H groups in total. The minimum Gasteiger partial charge on any atom is -0.504 e. The van der Waals surface area contributed by atoms with Crippen molar-refractivity contribution < 1.29 is 19.4 Å². The SMILES string of the molecule is COc1cc(C2CC(=O)N(c3cccc(Cl)c3C)C3=C2C(=O)CC(C)(C)C3)ccc1O. The topological polar surface area (TPSA) is 66.8 Å². The Morgan fingerprint density at radius 3 is 2.61 bits per heavy atom. The minimum absolute atomic E-state index is 0.0230. The van der Waals surface area contributed by atoms with Crippen LogP contribution in [0, 0.1) is 12.3 Å². The molecule has 2 aliphatic rings. The van der Waals surface area contributed by atoms with Gasteiger partial charge in [-0.1, -0.05) is 37.6 Å². The summed E-state index contributed by atoms with van der Waals surface area (Å²) in [5, 5.41) is 10.6. The Kier molecular flexibility index (Phi) is 5.34. The van der Waals surface area contributed by atoms with Crippen LogP contribution in [-0.4, -0.2) is 23.9 Å². The Bertz CT molecular complexity index is 1120. The molecule has 4 rings (SSSR count). The fraction of sp³-hybridized carbons (Fsp3) is 0.360. The molecule has 1 atom stereocenters. The van der Waals surface area contributed by atoms with E-state index >= 15 is 0 Å². The summed E-state index contributed by atoms with van der Waals surface area (Å²) in [6.07, 6.45) is 1.19. The smallest absolute Gasteiger partial charge is 0.232 e. The number of phenolic OH excluding ortho intramolecular Hbond substituents is 1. The van der Waals surface area contributed by atoms with Crippen molar-refractivity contribution in [2.75, 3.05) is 12.0 Å². The standard InChI is InChI=1S/C25H26ClNO4/c1-14-17(26)6-5-7-18(14)27-19-12-25(2,3)13-21(29)24(19)16(11-23(27)30)15-8-9-20(28)22(10-15)31-4/h5-10,16,28H,11-13H2,1-4H3. The number of halogens is 1. The minimum atomic E-state index is -0.378. The Balaban J connectivity index is 1.93. The van der Waals surface area contributed by atoms with E-state index in [1.165, 1.54) is 7.11 Å². The van der Waals surface area contributed by atoms with Gasteiger partial charge in [0.2, 0.25) is 5.91 Å². The van der Waals surface area contributed by atoms with E-state index in [0.717, 1.165) is 22.5 Å². The zero-order chi connectivity index (χ0) is 22.5. The summed E-state index contributed by atoms with van der Waals surface area (Å²) in [4.78, 5) is 28.6. The van der Waals surface area contributed by atoms with Crippen LogP contribution in [0.4, 0.5) is 5.69 Å². The number of hydrogen-bond acceptors (Lipinski definition) is 4. The summed E-state index contributed by atoms with van der Waals surface area (Å²) >= 11 is 6.35. The molecular weight excluding hydrogens is 414 g/mol. The van der Waals surface area contributed by atoms with Gasteiger partial charge in [0.1, 0.15) is 0 Å². The second-order valence-electron chi connectivity index (χ2n) is 9.10. The number of allylic oxidation sites excluding steroid dienone is 2. The van der Waals surface area contributed by atoms with Crippen molar-refractivity contribution in [1.29, 1.82) is 0 Å². The van der Waals surface area contributed by atoms with Gasteiger partial charge in [-0.3, -0.25) is 14.5 Å². The first kappa shape index (κ1) is 21.4. The van der Waals surface area contributed by atoms with Crippen molar-refractivity contribution in [3.8, 4) is 11.5 Å². The van der Waals surface area contributed by atoms with Crippen molar-refractivity contribution in [2.45, 2.75) is 46.0 Å². The highest BCUT2D eigenvalue weighted by atomic mass is 35.5. The van der Waals surface area contributed by atoms with Crippen LogP contribution in [0.15, 0.2) is 47.7 Å². The first-order valence-corrected chi connectivity index (χ1v) is 10.7. The van der Waals surface area contributed by atoms with E-state index in [9.17, 15) is 14.7 Å². The molecular formula is C25H26ClNO4. The van der Waals surface area contributed by atoms with Crippen LogP contribution in [0.3, 0.4) is 0 Å². The van der Waals surface area contributed by atoms with Gasteiger partial charge in [0, 0.05) is 35.1 Å². The molecule has 1 aliphatic heterocycles. The quantitative estimate of drug-likeness (QED) is 0.683. The molecule has 0 bridgehead atoms. The summed E-state index contributed by atoms with van der Waals surface area (Å²) in [5.74, 6) is -0.0536. The Morgan fingerprint density at radius 1 is 1.16 bits per heavy atom. The Labute approximate surface area is 187 Å². The number of carbonyl (C=O) groups is 2. The third kappa shape index (κ3) is 3.72. The molecule has 0 saturated carbocycles. The van der Waals surface area contributed by atoms with Gasteiger partial charge in [-0.05, 0) is 54.2 Å². The molecule has 6 heteroatoms. The van der Waals surface area contributed by atoms with E-state index in [1.54, 1.807) is 29.2 Å². The normalized spacial score (nSPS) is 20.7. The Hall–Kier alpha value is -2.79. The lowest BCUT2D eigenvalue weighted by molar-refractivity contribution is -0.121. The summed E-state index contributed by atoms with van der Waals surface area (Å²) < 4.78 is 5.26. The summed E-state index contributed by atoms with van der Waals surface area (Å²) in [7, 11) is 1.48. The van der Waals surface area contributed by atoms with Crippen molar-refractivity contribution in [2.24, 2.45) is 5.41 Å². The maximum atomic E-state index is 13.5. The fourth-order valence-electron chi connectivity index (χ4n) is 4.73. The van der Waals surface area contributed by atoms with Gasteiger partial charge in [0.15, 0.2) is 17.3 Å². The highest BCUT2D eigenvalue weighted by molar-refractivity contribution is 6.31. The Morgan fingerprint density at radius 2 is 1.90 bits per heavy atom. The van der Waals surface area contributed by atoms with E-state index in [4.69, 9.17) is 16.3 Å². The van der Waals surface area contributed by atoms with Crippen LogP contribution < -0.4 is 9.64 Å². The molecule has 0 saturated heterocycles. The van der Waals surface area contributed by atoms with E-state index in [-0.39, 0.29) is 35.2 Å². The second-order valence-corrected chi connectivity index (χ2v) is 9.51. The van der Waals surface area contributed by atoms with E-state index in [2.05, 4.69) is 13.8 Å². The van der Waals surface area contributed by atoms with Crippen LogP contribution in [0.1, 0.15) is 50.2 Å². The molecule has 2 aromatic carbocycles. The molecule has 0 spiro atoms. The summed E-state index contributed by atoms with van der Waals surface area (Å²) in [6, 6.07) is 10.5. The molecule has 0 fully saturated rings. The lowest BCUT2D eigenvalue weighted by atomic mass is 9.69. The van der Waals surface area contributed by atoms with Crippen molar-refractivity contribution >= 4 is 29.0 Å². The number of Topliss-reactive ketones (excluding diaryl/α,β-unsaturated/α-hetero) is 1. The van der Waals surface area contributed by atoms with Gasteiger partial charge < -0.3 is 9.84 Å². The van der Waals surface area contributed by atoms with Gasteiger partial charge >= 0.3 is 0 Å². The molecule has 1 unspecified atom stereocenters. The number of ether oxygens (including phenoxy) is 1. The monoisotopic (exact) mass is 439 g/mol. The number of ketones is 1. The van der Waals surface area contributed by atoms with Crippen molar-refractivity contribution in [3.63, 3.8) is 0 Å². The van der Waals surface area contributed by atoms with Gasteiger partial charge in [0.25, 0.3) is 0 Å². The first-order chi connectivity index (χ1) is 14.6. The van der Waals surface area contributed by atoms with Crippen molar-refractivity contribution in [1.82, 2.24) is 0 Å². The van der Waals surface area contributed by atoms with Crippen LogP contribution in [0.25, 0.3) is 0 Å². The highest BCUT2D eigenvalue weighted by Crippen LogP contribution is 2.49. The number of phenols is 1. The average Bonchev–Trinajstić information content (AvgIpc) is 2.69. The number of aromatic hydroxyl groups is 1. The van der Waals surface area contributed by atoms with E-state index in [1.807, 2.05) is 19.1 Å². The summed E-state index contributed by atoms with van der Waals surface area (Å²) in [6.45, 7) is 5.99. The van der Waals surface area contributed by atoms with Gasteiger partial charge in [-0.15, -0.1) is 0 Å². The first-order valence-electron chi connectivity index (χ1n) is 10.3. The molecule has 0 radical (unpaired) electrons. The molecule has 31 heavy (non-hydrogen) atoms. The molecule has 1 aliphatic carbocycles. The fourth-order valence-corrected chi connectivity index (χ4v) is 4.90. The molecule has 1 heterocycles. The van der Waals surface area contributed by atoms with Crippen LogP contribution >= 0.6 is 11.6 Å². The van der Waals surface area contributed by atoms with Gasteiger partial charge in [-0.25, -0.2) is 0 Å². The zero-order valence-corrected chi connectivity index (χ0v) is 18.9. The predicted octanol–water partition coefficient (Wildman–Crippen LogP) is 5.53. The maximum absolute atomic E-state index is 13.5. The van der Waals surface area contributed by atoms with Crippen LogP contribution in [0.2, 0.25) is 5.02 Å². The third-order valence-corrected chi connectivity index (χ3v) is 6.64. The van der Waals surface area contributed by atoms with E-state index < -0.39 is 0 Å². The number of carbonyl (C=O) groups excluding carboxylic acids is 2. The average molecular weight is 440 g/mol. The largest absolute Gasteiger partial charge is 0.504 e. The molecule has 0 aromatic heterocycles. The number of benzene rings is 2. The van der Waals surface area contributed by atoms with Crippen LogP contribution in [-0.2, 0) is 9.59 Å². The van der Waals surface area contributed by atoms with Gasteiger partial charge in [0.05, 0.1) is 12.8 Å². The molecule has 5 nitrogen and oxygen atoms in total. The maximum Gasteiger partial charge on any atom is 0.232 e. The van der Waals surface area contributed by atoms with E-state index in [0.29, 0.717) is 29.2 Å².